The van der Waals surface area contributed by atoms with Gasteiger partial charge < -0.3 is 9.84 Å². The molecule has 2 aliphatic heterocycles. The number of benzene rings is 2. The van der Waals surface area contributed by atoms with Gasteiger partial charge in [-0.15, -0.1) is 0 Å². The molecule has 0 spiro atoms. The Morgan fingerprint density at radius 2 is 1.37 bits per heavy atom. The molecular formula is C27H30O3. The number of aryl methyl sites for hydroxylation is 6. The van der Waals surface area contributed by atoms with Crippen molar-refractivity contribution >= 4 is 11.4 Å². The third kappa shape index (κ3) is 2.58. The number of ketones is 1. The van der Waals surface area contributed by atoms with Crippen LogP contribution in [0.15, 0.2) is 30.0 Å². The van der Waals surface area contributed by atoms with Gasteiger partial charge in [-0.3, -0.25) is 4.79 Å². The molecule has 2 aromatic carbocycles. The lowest BCUT2D eigenvalue weighted by Gasteiger charge is -2.30. The first-order valence-electron chi connectivity index (χ1n) is 11.0. The fraction of sp³-hybridized carbons (Fsp3) is 0.444. The predicted molar refractivity (Wildman–Crippen MR) is 119 cm³/mol. The molecule has 1 N–H and O–H groups in total. The summed E-state index contributed by atoms with van der Waals surface area (Å²) in [4.78, 5) is 13.5. The number of hydrogen-bond acceptors (Lipinski definition) is 3. The topological polar surface area (TPSA) is 46.5 Å². The standard InChI is InChI=1S/C27H30O3/c1-12-7-14(3)20(15(4)8-12)18-11-19-22-24(27(18)30-19)26(29)23(25(22)28)21-16(5)9-13(2)10-17(21)6/h7-10,18-19,22,24,27,29H,11H2,1-6H3/t18-,19-,22-,24+,27+/m0/s1. The van der Waals surface area contributed by atoms with Gasteiger partial charge in [0.25, 0.3) is 0 Å². The van der Waals surface area contributed by atoms with E-state index in [1.807, 2.05) is 13.8 Å². The fourth-order valence-corrected chi connectivity index (χ4v) is 6.74. The second kappa shape index (κ2) is 6.55. The Hall–Kier alpha value is -2.39. The lowest BCUT2D eigenvalue weighted by Crippen LogP contribution is -2.34. The summed E-state index contributed by atoms with van der Waals surface area (Å²) in [5, 5.41) is 11.3. The number of carbonyl (C=O) groups excluding carboxylic acids is 1. The van der Waals surface area contributed by atoms with Crippen LogP contribution in [0, 0.1) is 53.4 Å². The molecule has 3 heteroatoms. The zero-order valence-electron chi connectivity index (χ0n) is 18.7. The Labute approximate surface area is 178 Å². The van der Waals surface area contributed by atoms with Crippen LogP contribution in [0.4, 0.5) is 0 Å². The molecule has 30 heavy (non-hydrogen) atoms. The molecule has 3 aliphatic rings. The molecule has 2 heterocycles. The zero-order valence-corrected chi connectivity index (χ0v) is 18.7. The summed E-state index contributed by atoms with van der Waals surface area (Å²) in [6, 6.07) is 8.64. The van der Waals surface area contributed by atoms with E-state index < -0.39 is 0 Å². The molecule has 3 nitrogen and oxygen atoms in total. The molecule has 2 saturated heterocycles. The van der Waals surface area contributed by atoms with E-state index in [4.69, 9.17) is 4.74 Å². The normalized spacial score (nSPS) is 29.8. The lowest BCUT2D eigenvalue weighted by molar-refractivity contribution is -0.118. The molecule has 2 bridgehead atoms. The van der Waals surface area contributed by atoms with Gasteiger partial charge in [0, 0.05) is 5.92 Å². The van der Waals surface area contributed by atoms with Crippen LogP contribution < -0.4 is 0 Å². The monoisotopic (exact) mass is 402 g/mol. The summed E-state index contributed by atoms with van der Waals surface area (Å²) in [5.74, 6) is 0.0748. The SMILES string of the molecule is Cc1cc(C)c(C2=C(O)[C@@H]3[C@@H]4O[C@@H](C[C@H]4c4c(C)cc(C)cc4C)[C@@H]3C2=O)c(C)c1. The lowest BCUT2D eigenvalue weighted by atomic mass is 9.71. The van der Waals surface area contributed by atoms with Gasteiger partial charge in [0.15, 0.2) is 5.78 Å². The molecule has 0 saturated carbocycles. The maximum Gasteiger partial charge on any atom is 0.173 e. The predicted octanol–water partition coefficient (Wildman–Crippen LogP) is 5.58. The molecule has 5 rings (SSSR count). The highest BCUT2D eigenvalue weighted by Gasteiger charge is 2.62. The highest BCUT2D eigenvalue weighted by atomic mass is 16.5. The van der Waals surface area contributed by atoms with Crippen molar-refractivity contribution in [2.24, 2.45) is 11.8 Å². The number of rotatable bonds is 2. The van der Waals surface area contributed by atoms with Crippen LogP contribution in [-0.4, -0.2) is 23.1 Å². The van der Waals surface area contributed by atoms with Gasteiger partial charge >= 0.3 is 0 Å². The van der Waals surface area contributed by atoms with E-state index in [0.29, 0.717) is 5.57 Å². The maximum absolute atomic E-state index is 13.5. The molecule has 0 aromatic heterocycles. The molecule has 5 atom stereocenters. The van der Waals surface area contributed by atoms with Crippen molar-refractivity contribution in [2.45, 2.75) is 66.1 Å². The molecule has 1 aliphatic carbocycles. The zero-order chi connectivity index (χ0) is 21.5. The van der Waals surface area contributed by atoms with Crippen molar-refractivity contribution in [2.75, 3.05) is 0 Å². The van der Waals surface area contributed by atoms with Gasteiger partial charge in [0.05, 0.1) is 29.6 Å². The number of hydrogen-bond donors (Lipinski definition) is 1. The third-order valence-corrected chi connectivity index (χ3v) is 7.51. The summed E-state index contributed by atoms with van der Waals surface area (Å²) in [7, 11) is 0. The average molecular weight is 403 g/mol. The molecule has 2 fully saturated rings. The van der Waals surface area contributed by atoms with Gasteiger partial charge in [-0.25, -0.2) is 0 Å². The molecule has 0 amide bonds. The Morgan fingerprint density at radius 3 is 1.93 bits per heavy atom. The summed E-state index contributed by atoms with van der Waals surface area (Å²) < 4.78 is 6.34. The van der Waals surface area contributed by atoms with Crippen molar-refractivity contribution in [1.29, 1.82) is 0 Å². The van der Waals surface area contributed by atoms with Gasteiger partial charge in [0.2, 0.25) is 0 Å². The summed E-state index contributed by atoms with van der Waals surface area (Å²) in [6.07, 6.45) is 0.616. The fourth-order valence-electron chi connectivity index (χ4n) is 6.74. The maximum atomic E-state index is 13.5. The first kappa shape index (κ1) is 19.6. The molecule has 2 aromatic rings. The summed E-state index contributed by atoms with van der Waals surface area (Å²) in [6.45, 7) is 12.6. The van der Waals surface area contributed by atoms with Crippen LogP contribution in [-0.2, 0) is 9.53 Å². The van der Waals surface area contributed by atoms with Crippen LogP contribution in [0.1, 0.15) is 56.8 Å². The van der Waals surface area contributed by atoms with Gasteiger partial charge in [-0.1, -0.05) is 35.4 Å². The Bertz CT molecular complexity index is 1080. The van der Waals surface area contributed by atoms with E-state index in [1.165, 1.54) is 27.8 Å². The second-order valence-electron chi connectivity index (χ2n) is 9.74. The molecular weight excluding hydrogens is 372 g/mol. The van der Waals surface area contributed by atoms with Crippen LogP contribution >= 0.6 is 0 Å². The summed E-state index contributed by atoms with van der Waals surface area (Å²) in [5.41, 5.74) is 9.90. The number of aliphatic hydroxyl groups is 1. The first-order chi connectivity index (χ1) is 14.2. The number of ether oxygens (including phenoxy) is 1. The Kier molecular flexibility index (Phi) is 4.27. The minimum Gasteiger partial charge on any atom is -0.511 e. The highest BCUT2D eigenvalue weighted by molar-refractivity contribution is 6.26. The molecule has 0 radical (unpaired) electrons. The van der Waals surface area contributed by atoms with Crippen LogP contribution in [0.2, 0.25) is 0 Å². The van der Waals surface area contributed by atoms with Crippen molar-refractivity contribution in [3.8, 4) is 0 Å². The third-order valence-electron chi connectivity index (χ3n) is 7.51. The quantitative estimate of drug-likeness (QED) is 0.714. The largest absolute Gasteiger partial charge is 0.511 e. The number of aliphatic hydroxyl groups excluding tert-OH is 1. The number of fused-ring (bicyclic) bond motifs is 5. The molecule has 156 valence electrons. The van der Waals surface area contributed by atoms with Crippen LogP contribution in [0.3, 0.4) is 0 Å². The minimum absolute atomic E-state index is 0.0656. The number of carbonyl (C=O) groups is 1. The van der Waals surface area contributed by atoms with E-state index >= 15 is 0 Å². The minimum atomic E-state index is -0.243. The van der Waals surface area contributed by atoms with Crippen LogP contribution in [0.5, 0.6) is 0 Å². The van der Waals surface area contributed by atoms with E-state index in [1.54, 1.807) is 0 Å². The summed E-state index contributed by atoms with van der Waals surface area (Å²) >= 11 is 0. The Morgan fingerprint density at radius 1 is 0.833 bits per heavy atom. The van der Waals surface area contributed by atoms with Crippen molar-refractivity contribution in [3.05, 3.63) is 74.5 Å². The van der Waals surface area contributed by atoms with Crippen molar-refractivity contribution in [1.82, 2.24) is 0 Å². The number of allylic oxidation sites excluding steroid dienone is 1. The smallest absolute Gasteiger partial charge is 0.173 e. The van der Waals surface area contributed by atoms with E-state index in [-0.39, 0.29) is 41.5 Å². The Balaban J connectivity index is 1.59. The van der Waals surface area contributed by atoms with Gasteiger partial charge in [0.1, 0.15) is 5.76 Å². The van der Waals surface area contributed by atoms with Crippen LogP contribution in [0.25, 0.3) is 5.57 Å². The highest BCUT2D eigenvalue weighted by Crippen LogP contribution is 2.59. The van der Waals surface area contributed by atoms with Gasteiger partial charge in [-0.2, -0.15) is 0 Å². The van der Waals surface area contributed by atoms with E-state index in [9.17, 15) is 9.90 Å². The first-order valence-corrected chi connectivity index (χ1v) is 11.0. The number of Topliss-reactive ketones (excluding diaryl/α,β-unsaturated/α-hetero) is 1. The molecule has 0 unspecified atom stereocenters. The van der Waals surface area contributed by atoms with Gasteiger partial charge in [-0.05, 0) is 81.3 Å². The van der Waals surface area contributed by atoms with E-state index in [0.717, 1.165) is 23.1 Å². The van der Waals surface area contributed by atoms with E-state index in [2.05, 4.69) is 52.0 Å². The second-order valence-corrected chi connectivity index (χ2v) is 9.74. The average Bonchev–Trinajstić information content (AvgIpc) is 3.27. The van der Waals surface area contributed by atoms with Crippen molar-refractivity contribution < 1.29 is 14.6 Å². The van der Waals surface area contributed by atoms with Crippen molar-refractivity contribution in [3.63, 3.8) is 0 Å².